The van der Waals surface area contributed by atoms with Crippen LogP contribution in [-0.2, 0) is 0 Å². The Bertz CT molecular complexity index is 480. The topological polar surface area (TPSA) is 38.0 Å². The summed E-state index contributed by atoms with van der Waals surface area (Å²) in [5.41, 5.74) is 7.80. The molecule has 0 bridgehead atoms. The van der Waals surface area contributed by atoms with Gasteiger partial charge in [0.15, 0.2) is 0 Å². The maximum Gasteiger partial charge on any atom is 0.0437 e. The van der Waals surface area contributed by atoms with Gasteiger partial charge in [-0.3, -0.25) is 0 Å². The van der Waals surface area contributed by atoms with Crippen molar-refractivity contribution in [3.05, 3.63) is 58.3 Å². The van der Waals surface area contributed by atoms with E-state index >= 15 is 0 Å². The average Bonchev–Trinajstić information content (AvgIpc) is 3.10. The molecule has 0 aliphatic carbocycles. The Morgan fingerprint density at radius 3 is 2.72 bits per heavy atom. The van der Waals surface area contributed by atoms with E-state index in [1.165, 1.54) is 10.4 Å². The highest BCUT2D eigenvalue weighted by molar-refractivity contribution is 7.10. The smallest absolute Gasteiger partial charge is 0.0437 e. The van der Waals surface area contributed by atoms with Crippen LogP contribution in [0.15, 0.2) is 47.8 Å². The summed E-state index contributed by atoms with van der Waals surface area (Å²) in [5.74, 6) is 0.492. The van der Waals surface area contributed by atoms with Crippen LogP contribution in [0.1, 0.15) is 28.9 Å². The summed E-state index contributed by atoms with van der Waals surface area (Å²) in [6.07, 6.45) is 1.15. The van der Waals surface area contributed by atoms with E-state index in [0.717, 1.165) is 13.0 Å². The van der Waals surface area contributed by atoms with E-state index in [-0.39, 0.29) is 6.04 Å². The molecule has 1 aliphatic rings. The van der Waals surface area contributed by atoms with Crippen molar-refractivity contribution in [3.63, 3.8) is 0 Å². The zero-order valence-corrected chi connectivity index (χ0v) is 11.1. The zero-order valence-electron chi connectivity index (χ0n) is 10.3. The predicted octanol–water partition coefficient (Wildman–Crippen LogP) is 3.10. The lowest BCUT2D eigenvalue weighted by atomic mass is 9.87. The third-order valence-electron chi connectivity index (χ3n) is 3.76. The number of hydrogen-bond acceptors (Lipinski definition) is 3. The van der Waals surface area contributed by atoms with Gasteiger partial charge in [0.2, 0.25) is 0 Å². The first kappa shape index (κ1) is 11.9. The van der Waals surface area contributed by atoms with E-state index in [9.17, 15) is 0 Å². The number of nitrogens with one attached hydrogen (secondary N) is 1. The lowest BCUT2D eigenvalue weighted by molar-refractivity contribution is 0.391. The Morgan fingerprint density at radius 1 is 1.17 bits per heavy atom. The van der Waals surface area contributed by atoms with E-state index in [0.29, 0.717) is 12.0 Å². The first-order valence-corrected chi connectivity index (χ1v) is 7.31. The molecule has 0 saturated carbocycles. The van der Waals surface area contributed by atoms with E-state index < -0.39 is 0 Å². The second-order valence-corrected chi connectivity index (χ2v) is 5.82. The minimum Gasteiger partial charge on any atom is -0.323 e. The molecule has 1 aliphatic heterocycles. The number of hydrogen-bond donors (Lipinski definition) is 2. The maximum atomic E-state index is 6.44. The summed E-state index contributed by atoms with van der Waals surface area (Å²) in [5, 5.41) is 5.70. The summed E-state index contributed by atoms with van der Waals surface area (Å²) in [7, 11) is 0. The molecule has 0 amide bonds. The molecule has 1 aromatic carbocycles. The quantitative estimate of drug-likeness (QED) is 0.888. The SMILES string of the molecule is NC(c1cccs1)C1CCNC1c1ccccc1. The van der Waals surface area contributed by atoms with Crippen LogP contribution >= 0.6 is 11.3 Å². The highest BCUT2D eigenvalue weighted by Crippen LogP contribution is 2.38. The van der Waals surface area contributed by atoms with Crippen LogP contribution in [0.3, 0.4) is 0 Å². The molecule has 1 aromatic heterocycles. The second kappa shape index (κ2) is 5.22. The molecule has 0 radical (unpaired) electrons. The third-order valence-corrected chi connectivity index (χ3v) is 4.74. The molecule has 2 nitrogen and oxygen atoms in total. The molecule has 1 fully saturated rings. The summed E-state index contributed by atoms with van der Waals surface area (Å²) in [6.45, 7) is 1.06. The lowest BCUT2D eigenvalue weighted by Crippen LogP contribution is -2.26. The van der Waals surface area contributed by atoms with Gasteiger partial charge in [0.05, 0.1) is 0 Å². The van der Waals surface area contributed by atoms with Gasteiger partial charge in [-0.1, -0.05) is 36.4 Å². The molecular weight excluding hydrogens is 240 g/mol. The van der Waals surface area contributed by atoms with Crippen LogP contribution in [0, 0.1) is 5.92 Å². The van der Waals surface area contributed by atoms with Gasteiger partial charge < -0.3 is 11.1 Å². The van der Waals surface area contributed by atoms with E-state index in [4.69, 9.17) is 5.73 Å². The Morgan fingerprint density at radius 2 is 2.00 bits per heavy atom. The molecule has 3 heteroatoms. The summed E-state index contributed by atoms with van der Waals surface area (Å²) in [6, 6.07) is 15.4. The van der Waals surface area contributed by atoms with Crippen LogP contribution in [0.5, 0.6) is 0 Å². The van der Waals surface area contributed by atoms with Crippen molar-refractivity contribution in [1.82, 2.24) is 5.32 Å². The molecule has 0 spiro atoms. The molecule has 3 rings (SSSR count). The molecule has 2 aromatic rings. The normalized spacial score (nSPS) is 25.2. The van der Waals surface area contributed by atoms with Gasteiger partial charge in [0.1, 0.15) is 0 Å². The van der Waals surface area contributed by atoms with Crippen molar-refractivity contribution in [1.29, 1.82) is 0 Å². The molecule has 3 N–H and O–H groups in total. The molecule has 94 valence electrons. The summed E-state index contributed by atoms with van der Waals surface area (Å²) >= 11 is 1.76. The highest BCUT2D eigenvalue weighted by atomic mass is 32.1. The van der Waals surface area contributed by atoms with Crippen molar-refractivity contribution in [3.8, 4) is 0 Å². The molecule has 18 heavy (non-hydrogen) atoms. The van der Waals surface area contributed by atoms with Crippen molar-refractivity contribution >= 4 is 11.3 Å². The summed E-state index contributed by atoms with van der Waals surface area (Å²) in [4.78, 5) is 1.30. The van der Waals surface area contributed by atoms with E-state index in [1.807, 2.05) is 0 Å². The number of benzene rings is 1. The monoisotopic (exact) mass is 258 g/mol. The average molecular weight is 258 g/mol. The van der Waals surface area contributed by atoms with Gasteiger partial charge >= 0.3 is 0 Å². The van der Waals surface area contributed by atoms with Gasteiger partial charge in [-0.2, -0.15) is 0 Å². The standard InChI is InChI=1S/C15H18N2S/c16-14(13-7-4-10-18-13)12-8-9-17-15(12)11-5-2-1-3-6-11/h1-7,10,12,14-15,17H,8-9,16H2. The maximum absolute atomic E-state index is 6.44. The van der Waals surface area contributed by atoms with E-state index in [1.54, 1.807) is 11.3 Å². The van der Waals surface area contributed by atoms with Crippen LogP contribution in [0.2, 0.25) is 0 Å². The molecule has 3 atom stereocenters. The largest absolute Gasteiger partial charge is 0.323 e. The molecule has 3 unspecified atom stereocenters. The van der Waals surface area contributed by atoms with E-state index in [2.05, 4.69) is 53.2 Å². The van der Waals surface area contributed by atoms with Crippen LogP contribution in [-0.4, -0.2) is 6.54 Å². The van der Waals surface area contributed by atoms with Crippen molar-refractivity contribution in [2.45, 2.75) is 18.5 Å². The number of nitrogens with two attached hydrogens (primary N) is 1. The van der Waals surface area contributed by atoms with Crippen molar-refractivity contribution in [2.24, 2.45) is 11.7 Å². The lowest BCUT2D eigenvalue weighted by Gasteiger charge is -2.25. The minimum atomic E-state index is 0.144. The predicted molar refractivity (Wildman–Crippen MR) is 76.5 cm³/mol. The second-order valence-electron chi connectivity index (χ2n) is 4.84. The van der Waals surface area contributed by atoms with Crippen molar-refractivity contribution < 1.29 is 0 Å². The molecule has 2 heterocycles. The van der Waals surface area contributed by atoms with Crippen LogP contribution in [0.4, 0.5) is 0 Å². The Kier molecular flexibility index (Phi) is 3.46. The highest BCUT2D eigenvalue weighted by Gasteiger charge is 2.33. The Hall–Kier alpha value is -1.16. The zero-order chi connectivity index (χ0) is 12.4. The minimum absolute atomic E-state index is 0.144. The first-order chi connectivity index (χ1) is 8.86. The van der Waals surface area contributed by atoms with Crippen LogP contribution in [0.25, 0.3) is 0 Å². The fraction of sp³-hybridized carbons (Fsp3) is 0.333. The van der Waals surface area contributed by atoms with Crippen LogP contribution < -0.4 is 11.1 Å². The number of thiophene rings is 1. The van der Waals surface area contributed by atoms with Crippen molar-refractivity contribution in [2.75, 3.05) is 6.54 Å². The molecular formula is C15H18N2S. The number of rotatable bonds is 3. The Labute approximate surface area is 112 Å². The van der Waals surface area contributed by atoms with Gasteiger partial charge in [-0.05, 0) is 35.9 Å². The fourth-order valence-corrected chi connectivity index (χ4v) is 3.63. The van der Waals surface area contributed by atoms with Gasteiger partial charge in [0.25, 0.3) is 0 Å². The fourth-order valence-electron chi connectivity index (χ4n) is 2.83. The Balaban J connectivity index is 1.83. The van der Waals surface area contributed by atoms with Gasteiger partial charge in [-0.15, -0.1) is 11.3 Å². The third kappa shape index (κ3) is 2.21. The van der Waals surface area contributed by atoms with Gasteiger partial charge in [0, 0.05) is 17.0 Å². The summed E-state index contributed by atoms with van der Waals surface area (Å²) < 4.78 is 0. The molecule has 1 saturated heterocycles. The van der Waals surface area contributed by atoms with Gasteiger partial charge in [-0.25, -0.2) is 0 Å². The first-order valence-electron chi connectivity index (χ1n) is 6.43.